The lowest BCUT2D eigenvalue weighted by Crippen LogP contribution is -2.27. The lowest BCUT2D eigenvalue weighted by molar-refractivity contribution is 0.0777. The van der Waals surface area contributed by atoms with Crippen molar-refractivity contribution in [3.63, 3.8) is 0 Å². The Hall–Kier alpha value is -3.09. The molecule has 148 valence electrons. The molecule has 1 amide bonds. The molecule has 2 heterocycles. The van der Waals surface area contributed by atoms with Crippen molar-refractivity contribution in [1.29, 1.82) is 0 Å². The molecule has 0 unspecified atom stereocenters. The zero-order chi connectivity index (χ0) is 20.3. The van der Waals surface area contributed by atoms with E-state index in [-0.39, 0.29) is 12.6 Å². The number of nitrogens with zero attached hydrogens (tertiary/aromatic N) is 5. The predicted molar refractivity (Wildman–Crippen MR) is 107 cm³/mol. The van der Waals surface area contributed by atoms with Gasteiger partial charge in [0, 0.05) is 38.1 Å². The van der Waals surface area contributed by atoms with Gasteiger partial charge in [-0.05, 0) is 36.6 Å². The largest absolute Gasteiger partial charge is 0.471 e. The first-order valence-electron chi connectivity index (χ1n) is 9.34. The van der Waals surface area contributed by atoms with E-state index in [9.17, 15) is 4.79 Å². The highest BCUT2D eigenvalue weighted by Crippen LogP contribution is 2.19. The summed E-state index contributed by atoms with van der Waals surface area (Å²) in [6, 6.07) is 9.74. The van der Waals surface area contributed by atoms with Crippen LogP contribution in [0.1, 0.15) is 47.1 Å². The van der Waals surface area contributed by atoms with Crippen molar-refractivity contribution < 1.29 is 9.53 Å². The molecule has 0 bridgehead atoms. The number of ether oxygens (including phenoxy) is 1. The van der Waals surface area contributed by atoms with E-state index in [2.05, 4.69) is 36.2 Å². The first-order chi connectivity index (χ1) is 13.3. The first-order valence-corrected chi connectivity index (χ1v) is 9.34. The molecule has 0 N–H and O–H groups in total. The van der Waals surface area contributed by atoms with Crippen LogP contribution >= 0.6 is 0 Å². The lowest BCUT2D eigenvalue weighted by atomic mass is 10.0. The maximum Gasteiger partial charge on any atom is 0.274 e. The summed E-state index contributed by atoms with van der Waals surface area (Å²) in [7, 11) is 3.65. The summed E-state index contributed by atoms with van der Waals surface area (Å²) >= 11 is 0. The molecular formula is C21H27N5O2. The number of aromatic nitrogens is 4. The molecule has 7 heteroatoms. The van der Waals surface area contributed by atoms with Gasteiger partial charge in [-0.2, -0.15) is 10.2 Å². The maximum absolute atomic E-state index is 12.6. The van der Waals surface area contributed by atoms with Crippen LogP contribution in [0.3, 0.4) is 0 Å². The van der Waals surface area contributed by atoms with E-state index >= 15 is 0 Å². The van der Waals surface area contributed by atoms with E-state index < -0.39 is 0 Å². The molecule has 0 fully saturated rings. The zero-order valence-electron chi connectivity index (χ0n) is 17.1. The van der Waals surface area contributed by atoms with Gasteiger partial charge in [-0.3, -0.25) is 9.48 Å². The first kappa shape index (κ1) is 19.7. The molecule has 0 aliphatic rings. The summed E-state index contributed by atoms with van der Waals surface area (Å²) in [4.78, 5) is 14.3. The van der Waals surface area contributed by atoms with Crippen LogP contribution in [-0.4, -0.2) is 37.4 Å². The summed E-state index contributed by atoms with van der Waals surface area (Å²) in [6.45, 7) is 7.04. The zero-order valence-corrected chi connectivity index (χ0v) is 17.1. The Labute approximate surface area is 165 Å². The molecule has 0 spiro atoms. The van der Waals surface area contributed by atoms with Crippen LogP contribution in [0.4, 0.5) is 0 Å². The van der Waals surface area contributed by atoms with Gasteiger partial charge in [-0.15, -0.1) is 0 Å². The number of carbonyl (C=O) groups excluding carboxylic acids is 1. The van der Waals surface area contributed by atoms with Gasteiger partial charge >= 0.3 is 0 Å². The van der Waals surface area contributed by atoms with Gasteiger partial charge in [0.05, 0.1) is 6.20 Å². The molecule has 28 heavy (non-hydrogen) atoms. The van der Waals surface area contributed by atoms with Gasteiger partial charge in [0.2, 0.25) is 0 Å². The van der Waals surface area contributed by atoms with E-state index in [0.29, 0.717) is 18.2 Å². The smallest absolute Gasteiger partial charge is 0.274 e. The molecule has 1 aromatic carbocycles. The van der Waals surface area contributed by atoms with Crippen LogP contribution in [0.2, 0.25) is 0 Å². The summed E-state index contributed by atoms with van der Waals surface area (Å²) in [6.07, 6.45) is 3.54. The second-order valence-corrected chi connectivity index (χ2v) is 7.28. The summed E-state index contributed by atoms with van der Waals surface area (Å²) in [5, 5.41) is 8.56. The van der Waals surface area contributed by atoms with E-state index in [1.54, 1.807) is 39.8 Å². The fourth-order valence-electron chi connectivity index (χ4n) is 2.86. The van der Waals surface area contributed by atoms with Crippen LogP contribution in [0.25, 0.3) is 0 Å². The number of carbonyl (C=O) groups is 1. The number of aryl methyl sites for hydroxylation is 1. The predicted octanol–water partition coefficient (Wildman–Crippen LogP) is 3.36. The summed E-state index contributed by atoms with van der Waals surface area (Å²) < 4.78 is 9.18. The van der Waals surface area contributed by atoms with Crippen LogP contribution in [-0.2, 0) is 20.3 Å². The third kappa shape index (κ3) is 4.42. The minimum absolute atomic E-state index is 0.136. The van der Waals surface area contributed by atoms with E-state index in [4.69, 9.17) is 4.74 Å². The monoisotopic (exact) mass is 381 g/mol. The third-order valence-electron chi connectivity index (χ3n) is 4.86. The number of benzene rings is 1. The quantitative estimate of drug-likeness (QED) is 0.629. The molecule has 0 radical (unpaired) electrons. The highest BCUT2D eigenvalue weighted by Gasteiger charge is 2.17. The topological polar surface area (TPSA) is 65.2 Å². The van der Waals surface area contributed by atoms with Gasteiger partial charge in [0.15, 0.2) is 12.4 Å². The standard InChI is InChI=1S/C21H27N5O2/c1-15(2)17-6-8-19(9-7-17)28-14-26-11-10-20(23-26)21(27)24(4)13-18-12-22-25(5)16(18)3/h6-12,15H,13-14H2,1-5H3. The Bertz CT molecular complexity index is 940. The lowest BCUT2D eigenvalue weighted by Gasteiger charge is -2.15. The number of rotatable bonds is 7. The van der Waals surface area contributed by atoms with Gasteiger partial charge in [-0.1, -0.05) is 26.0 Å². The van der Waals surface area contributed by atoms with Crippen molar-refractivity contribution in [2.24, 2.45) is 7.05 Å². The highest BCUT2D eigenvalue weighted by molar-refractivity contribution is 5.91. The van der Waals surface area contributed by atoms with Crippen molar-refractivity contribution in [3.8, 4) is 5.75 Å². The van der Waals surface area contributed by atoms with E-state index in [1.165, 1.54) is 5.56 Å². The molecule has 0 saturated carbocycles. The van der Waals surface area contributed by atoms with Gasteiger partial charge in [-0.25, -0.2) is 4.68 Å². The number of hydrogen-bond donors (Lipinski definition) is 0. The molecule has 3 aromatic rings. The Balaban J connectivity index is 1.58. The minimum atomic E-state index is -0.136. The van der Waals surface area contributed by atoms with Crippen molar-refractivity contribution in [2.75, 3.05) is 7.05 Å². The Morgan fingerprint density at radius 2 is 1.93 bits per heavy atom. The number of amides is 1. The molecule has 0 atom stereocenters. The highest BCUT2D eigenvalue weighted by atomic mass is 16.5. The Morgan fingerprint density at radius 1 is 1.21 bits per heavy atom. The van der Waals surface area contributed by atoms with Crippen LogP contribution in [0, 0.1) is 6.92 Å². The van der Waals surface area contributed by atoms with E-state index in [0.717, 1.165) is 17.0 Å². The Morgan fingerprint density at radius 3 is 2.54 bits per heavy atom. The normalized spacial score (nSPS) is 11.1. The van der Waals surface area contributed by atoms with Gasteiger partial charge in [0.1, 0.15) is 5.75 Å². The van der Waals surface area contributed by atoms with Crippen LogP contribution in [0.5, 0.6) is 5.75 Å². The van der Waals surface area contributed by atoms with Crippen LogP contribution < -0.4 is 4.74 Å². The summed E-state index contributed by atoms with van der Waals surface area (Å²) in [5.41, 5.74) is 3.72. The third-order valence-corrected chi connectivity index (χ3v) is 4.86. The van der Waals surface area contributed by atoms with Crippen molar-refractivity contribution in [3.05, 3.63) is 65.2 Å². The maximum atomic E-state index is 12.6. The van der Waals surface area contributed by atoms with Gasteiger partial charge < -0.3 is 9.64 Å². The van der Waals surface area contributed by atoms with Crippen molar-refractivity contribution in [1.82, 2.24) is 24.5 Å². The van der Waals surface area contributed by atoms with Crippen molar-refractivity contribution in [2.45, 2.75) is 40.0 Å². The fourth-order valence-corrected chi connectivity index (χ4v) is 2.86. The molecule has 2 aromatic heterocycles. The fraction of sp³-hybridized carbons (Fsp3) is 0.381. The molecule has 0 saturated heterocycles. The second kappa shape index (κ2) is 8.29. The number of hydrogen-bond acceptors (Lipinski definition) is 4. The SMILES string of the molecule is Cc1c(CN(C)C(=O)c2ccn(COc3ccc(C(C)C)cc3)n2)cnn1C. The minimum Gasteiger partial charge on any atom is -0.471 e. The van der Waals surface area contributed by atoms with Crippen LogP contribution in [0.15, 0.2) is 42.7 Å². The molecule has 0 aliphatic heterocycles. The van der Waals surface area contributed by atoms with Crippen molar-refractivity contribution >= 4 is 5.91 Å². The molecular weight excluding hydrogens is 354 g/mol. The molecule has 0 aliphatic carbocycles. The average molecular weight is 381 g/mol. The Kier molecular flexibility index (Phi) is 5.82. The van der Waals surface area contributed by atoms with Gasteiger partial charge in [0.25, 0.3) is 5.91 Å². The molecule has 7 nitrogen and oxygen atoms in total. The average Bonchev–Trinajstić information content (AvgIpc) is 3.28. The summed E-state index contributed by atoms with van der Waals surface area (Å²) in [5.74, 6) is 1.13. The molecule has 3 rings (SSSR count). The van der Waals surface area contributed by atoms with E-state index in [1.807, 2.05) is 26.1 Å². The second-order valence-electron chi connectivity index (χ2n) is 7.28.